The molecule has 1 fully saturated rings. The summed E-state index contributed by atoms with van der Waals surface area (Å²) in [6, 6.07) is 2.03. The van der Waals surface area contributed by atoms with Gasteiger partial charge in [0.05, 0.1) is 25.2 Å². The molecule has 0 unspecified atom stereocenters. The van der Waals surface area contributed by atoms with Crippen molar-refractivity contribution in [2.75, 3.05) is 41.3 Å². The van der Waals surface area contributed by atoms with Crippen molar-refractivity contribution in [1.29, 1.82) is 0 Å². The third-order valence-electron chi connectivity index (χ3n) is 4.47. The maximum atomic E-state index is 14.8. The fraction of sp³-hybridized carbons (Fsp3) is 0.333. The van der Waals surface area contributed by atoms with Gasteiger partial charge in [0.15, 0.2) is 23.3 Å². The van der Waals surface area contributed by atoms with Crippen LogP contribution in [0.5, 0.6) is 0 Å². The predicted octanol–water partition coefficient (Wildman–Crippen LogP) is 1.89. The number of aliphatic carboxylic acids is 2. The Labute approximate surface area is 177 Å². The van der Waals surface area contributed by atoms with Crippen LogP contribution in [0.3, 0.4) is 0 Å². The summed E-state index contributed by atoms with van der Waals surface area (Å²) in [5.41, 5.74) is -1.79. The Kier molecular flexibility index (Phi) is 6.70. The van der Waals surface area contributed by atoms with Crippen molar-refractivity contribution in [3.8, 4) is 0 Å². The van der Waals surface area contributed by atoms with Crippen LogP contribution >= 0.6 is 0 Å². The molecule has 14 heteroatoms. The molecule has 2 aromatic rings. The minimum absolute atomic E-state index is 0.0566. The van der Waals surface area contributed by atoms with Crippen molar-refractivity contribution >= 4 is 35.2 Å². The molecule has 32 heavy (non-hydrogen) atoms. The Hall–Kier alpha value is -3.97. The van der Waals surface area contributed by atoms with E-state index >= 15 is 0 Å². The van der Waals surface area contributed by atoms with Crippen LogP contribution in [-0.4, -0.2) is 65.7 Å². The van der Waals surface area contributed by atoms with Crippen LogP contribution in [0.15, 0.2) is 22.9 Å². The van der Waals surface area contributed by atoms with E-state index in [1.807, 2.05) is 0 Å². The highest BCUT2D eigenvalue weighted by molar-refractivity contribution is 5.90. The Balaban J connectivity index is 1.83. The Morgan fingerprint density at radius 3 is 2.62 bits per heavy atom. The molecule has 1 aliphatic heterocycles. The van der Waals surface area contributed by atoms with Gasteiger partial charge in [0, 0.05) is 18.7 Å². The maximum absolute atomic E-state index is 14.8. The average molecular weight is 458 g/mol. The van der Waals surface area contributed by atoms with E-state index in [-0.39, 0.29) is 13.1 Å². The van der Waals surface area contributed by atoms with Gasteiger partial charge in [0.2, 0.25) is 0 Å². The Morgan fingerprint density at radius 1 is 1.25 bits per heavy atom. The molecular weight excluding hydrogens is 441 g/mol. The number of rotatable bonds is 10. The number of halogens is 3. The summed E-state index contributed by atoms with van der Waals surface area (Å²) in [4.78, 5) is 35.2. The van der Waals surface area contributed by atoms with Crippen molar-refractivity contribution in [3.63, 3.8) is 0 Å². The molecule has 3 N–H and O–H groups in total. The van der Waals surface area contributed by atoms with E-state index in [0.717, 1.165) is 0 Å². The standard InChI is InChI=1S/C18H17F3N4O7/c19-10-5-11(25-7-9(32-18(25)30)6-22-12-2-4-31-23-12)15(20)16(21)17(10)24(8-14(28)29)3-1-13(26)27/h2,4-5,9H,1,3,6-8H2,(H,22,23)(H,26,27)(H,28,29)/t9-/m0/s1. The van der Waals surface area contributed by atoms with E-state index in [2.05, 4.69) is 15.0 Å². The number of nitrogens with zero attached hydrogens (tertiary/aromatic N) is 3. The van der Waals surface area contributed by atoms with Crippen LogP contribution < -0.4 is 15.1 Å². The van der Waals surface area contributed by atoms with Gasteiger partial charge in [-0.2, -0.15) is 0 Å². The largest absolute Gasteiger partial charge is 0.481 e. The van der Waals surface area contributed by atoms with Gasteiger partial charge < -0.3 is 29.7 Å². The molecule has 1 atom stereocenters. The number of aromatic nitrogens is 1. The molecule has 0 aliphatic carbocycles. The zero-order valence-corrected chi connectivity index (χ0v) is 16.3. The second kappa shape index (κ2) is 9.45. The van der Waals surface area contributed by atoms with Gasteiger partial charge in [0.25, 0.3) is 0 Å². The lowest BCUT2D eigenvalue weighted by molar-refractivity contribution is -0.138. The first-order valence-corrected chi connectivity index (χ1v) is 9.15. The number of ether oxygens (including phenoxy) is 1. The molecule has 1 aromatic carbocycles. The molecule has 0 spiro atoms. The number of benzene rings is 1. The number of hydrogen-bond donors (Lipinski definition) is 3. The second-order valence-electron chi connectivity index (χ2n) is 6.70. The summed E-state index contributed by atoms with van der Waals surface area (Å²) >= 11 is 0. The smallest absolute Gasteiger partial charge is 0.414 e. The number of carbonyl (C=O) groups excluding carboxylic acids is 1. The van der Waals surface area contributed by atoms with E-state index in [1.165, 1.54) is 12.3 Å². The van der Waals surface area contributed by atoms with E-state index in [9.17, 15) is 27.6 Å². The minimum Gasteiger partial charge on any atom is -0.481 e. The van der Waals surface area contributed by atoms with E-state index < -0.39 is 72.5 Å². The molecule has 2 heterocycles. The fourth-order valence-electron chi connectivity index (χ4n) is 3.07. The zero-order valence-electron chi connectivity index (χ0n) is 16.3. The molecule has 11 nitrogen and oxygen atoms in total. The first-order chi connectivity index (χ1) is 15.2. The van der Waals surface area contributed by atoms with Crippen LogP contribution in [0.4, 0.5) is 35.2 Å². The van der Waals surface area contributed by atoms with E-state index in [0.29, 0.717) is 21.7 Å². The number of nitrogens with one attached hydrogen (secondary N) is 1. The summed E-state index contributed by atoms with van der Waals surface area (Å²) in [7, 11) is 0. The zero-order chi connectivity index (χ0) is 23.4. The van der Waals surface area contributed by atoms with Crippen LogP contribution in [0.25, 0.3) is 0 Å². The van der Waals surface area contributed by atoms with Crippen LogP contribution in [0, 0.1) is 17.5 Å². The molecule has 0 radical (unpaired) electrons. The molecular formula is C18H17F3N4O7. The number of hydrogen-bond acceptors (Lipinski definition) is 8. The third kappa shape index (κ3) is 5.01. The van der Waals surface area contributed by atoms with Crippen molar-refractivity contribution < 1.29 is 47.0 Å². The number of anilines is 3. The minimum atomic E-state index is -1.76. The Bertz CT molecular complexity index is 1020. The molecule has 172 valence electrons. The van der Waals surface area contributed by atoms with Gasteiger partial charge >= 0.3 is 18.0 Å². The summed E-state index contributed by atoms with van der Waals surface area (Å²) < 4.78 is 54.0. The maximum Gasteiger partial charge on any atom is 0.414 e. The number of cyclic esters (lactones) is 1. The quantitative estimate of drug-likeness (QED) is 0.451. The lowest BCUT2D eigenvalue weighted by Crippen LogP contribution is -2.34. The van der Waals surface area contributed by atoms with Gasteiger partial charge in [-0.25, -0.2) is 18.0 Å². The molecule has 1 saturated heterocycles. The number of carboxylic acid groups (broad SMARTS) is 2. The van der Waals surface area contributed by atoms with Crippen molar-refractivity contribution in [2.45, 2.75) is 12.5 Å². The summed E-state index contributed by atoms with van der Waals surface area (Å²) in [5, 5.41) is 24.1. The van der Waals surface area contributed by atoms with Gasteiger partial charge in [-0.05, 0) is 0 Å². The third-order valence-corrected chi connectivity index (χ3v) is 4.47. The highest BCUT2D eigenvalue weighted by Crippen LogP contribution is 2.34. The van der Waals surface area contributed by atoms with Crippen molar-refractivity contribution in [2.24, 2.45) is 0 Å². The molecule has 1 aliphatic rings. The first kappa shape index (κ1) is 22.7. The first-order valence-electron chi connectivity index (χ1n) is 9.15. The molecule has 0 bridgehead atoms. The lowest BCUT2D eigenvalue weighted by Gasteiger charge is -2.25. The van der Waals surface area contributed by atoms with Crippen LogP contribution in [0.2, 0.25) is 0 Å². The van der Waals surface area contributed by atoms with Crippen LogP contribution in [-0.2, 0) is 14.3 Å². The fourth-order valence-corrected chi connectivity index (χ4v) is 3.07. The van der Waals surface area contributed by atoms with E-state index in [4.69, 9.17) is 14.9 Å². The number of amides is 1. The topological polar surface area (TPSA) is 145 Å². The lowest BCUT2D eigenvalue weighted by atomic mass is 10.2. The Morgan fingerprint density at radius 2 is 2.00 bits per heavy atom. The molecule has 0 saturated carbocycles. The van der Waals surface area contributed by atoms with Gasteiger partial charge in [-0.15, -0.1) is 0 Å². The van der Waals surface area contributed by atoms with Crippen molar-refractivity contribution in [3.05, 3.63) is 35.8 Å². The van der Waals surface area contributed by atoms with Crippen LogP contribution in [0.1, 0.15) is 6.42 Å². The monoisotopic (exact) mass is 458 g/mol. The second-order valence-corrected chi connectivity index (χ2v) is 6.70. The number of carbonyl (C=O) groups is 3. The predicted molar refractivity (Wildman–Crippen MR) is 101 cm³/mol. The summed E-state index contributed by atoms with van der Waals surface area (Å²) in [6.45, 7) is -1.74. The van der Waals surface area contributed by atoms with Gasteiger partial charge in [-0.1, -0.05) is 5.16 Å². The highest BCUT2D eigenvalue weighted by atomic mass is 19.2. The molecule has 3 rings (SSSR count). The van der Waals surface area contributed by atoms with Gasteiger partial charge in [-0.3, -0.25) is 14.5 Å². The van der Waals surface area contributed by atoms with Gasteiger partial charge in [0.1, 0.15) is 24.6 Å². The highest BCUT2D eigenvalue weighted by Gasteiger charge is 2.36. The SMILES string of the molecule is O=C(O)CCN(CC(=O)O)c1c(F)cc(N2C[C@H](CNc3ccon3)OC2=O)c(F)c1F. The summed E-state index contributed by atoms with van der Waals surface area (Å²) in [6.07, 6.45) is -1.19. The number of carboxylic acids is 2. The van der Waals surface area contributed by atoms with E-state index in [1.54, 1.807) is 0 Å². The average Bonchev–Trinajstić information content (AvgIpc) is 3.36. The van der Waals surface area contributed by atoms with Crippen molar-refractivity contribution in [1.82, 2.24) is 5.16 Å². The molecule has 1 aromatic heterocycles. The molecule has 1 amide bonds. The normalized spacial score (nSPS) is 15.5. The summed E-state index contributed by atoms with van der Waals surface area (Å²) in [5.74, 6) is -7.25.